The summed E-state index contributed by atoms with van der Waals surface area (Å²) in [5, 5.41) is 12.7. The van der Waals surface area contributed by atoms with Crippen LogP contribution in [0.4, 0.5) is 0 Å². The molecule has 1 atom stereocenters. The van der Waals surface area contributed by atoms with Crippen LogP contribution in [0, 0.1) is 0 Å². The van der Waals surface area contributed by atoms with Crippen LogP contribution in [-0.2, 0) is 4.79 Å². The molecule has 0 aromatic heterocycles. The summed E-state index contributed by atoms with van der Waals surface area (Å²) in [5.41, 5.74) is 0.324. The van der Waals surface area contributed by atoms with E-state index in [-0.39, 0.29) is 12.5 Å². The minimum atomic E-state index is -0.548. The molecule has 0 saturated heterocycles. The van der Waals surface area contributed by atoms with Crippen molar-refractivity contribution in [3.8, 4) is 11.5 Å². The van der Waals surface area contributed by atoms with Gasteiger partial charge in [0.25, 0.3) is 5.91 Å². The SMILES string of the molecule is C=CCNC(=O)COc1ccc2c(c1)OC(C)(C)CC2O. The van der Waals surface area contributed by atoms with Crippen LogP contribution in [0.15, 0.2) is 30.9 Å². The van der Waals surface area contributed by atoms with E-state index in [2.05, 4.69) is 11.9 Å². The van der Waals surface area contributed by atoms with Gasteiger partial charge in [-0.1, -0.05) is 6.08 Å². The molecule has 0 fully saturated rings. The van der Waals surface area contributed by atoms with Gasteiger partial charge in [-0.05, 0) is 26.0 Å². The molecule has 0 radical (unpaired) electrons. The molecule has 114 valence electrons. The van der Waals surface area contributed by atoms with Gasteiger partial charge in [-0.3, -0.25) is 4.79 Å². The van der Waals surface area contributed by atoms with E-state index < -0.39 is 11.7 Å². The Morgan fingerprint density at radius 1 is 1.62 bits per heavy atom. The van der Waals surface area contributed by atoms with Crippen molar-refractivity contribution in [2.75, 3.05) is 13.2 Å². The van der Waals surface area contributed by atoms with Gasteiger partial charge in [-0.25, -0.2) is 0 Å². The fraction of sp³-hybridized carbons (Fsp3) is 0.438. The standard InChI is InChI=1S/C16H21NO4/c1-4-7-17-15(19)10-20-11-5-6-12-13(18)9-16(2,3)21-14(12)8-11/h4-6,8,13,18H,1,7,9-10H2,2-3H3,(H,17,19). The molecule has 1 amide bonds. The number of carbonyl (C=O) groups is 1. The van der Waals surface area contributed by atoms with Crippen molar-refractivity contribution < 1.29 is 19.4 Å². The van der Waals surface area contributed by atoms with Crippen LogP contribution in [0.3, 0.4) is 0 Å². The summed E-state index contributed by atoms with van der Waals surface area (Å²) in [7, 11) is 0. The third-order valence-corrected chi connectivity index (χ3v) is 3.23. The van der Waals surface area contributed by atoms with Crippen molar-refractivity contribution in [2.24, 2.45) is 0 Å². The number of amides is 1. The van der Waals surface area contributed by atoms with Gasteiger partial charge in [0.15, 0.2) is 6.61 Å². The molecule has 2 rings (SSSR count). The molecule has 1 aliphatic heterocycles. The summed E-state index contributed by atoms with van der Waals surface area (Å²) in [4.78, 5) is 11.5. The zero-order chi connectivity index (χ0) is 15.5. The van der Waals surface area contributed by atoms with E-state index in [0.29, 0.717) is 24.5 Å². The van der Waals surface area contributed by atoms with E-state index in [9.17, 15) is 9.90 Å². The summed E-state index contributed by atoms with van der Waals surface area (Å²) in [6, 6.07) is 5.21. The van der Waals surface area contributed by atoms with Crippen molar-refractivity contribution in [1.29, 1.82) is 0 Å². The highest BCUT2D eigenvalue weighted by atomic mass is 16.5. The molecule has 0 saturated carbocycles. The molecule has 0 spiro atoms. The zero-order valence-electron chi connectivity index (χ0n) is 12.4. The Labute approximate surface area is 124 Å². The number of ether oxygens (including phenoxy) is 2. The predicted octanol–water partition coefficient (Wildman–Crippen LogP) is 1.96. The van der Waals surface area contributed by atoms with E-state index in [0.717, 1.165) is 5.56 Å². The highest BCUT2D eigenvalue weighted by Gasteiger charge is 2.32. The maximum Gasteiger partial charge on any atom is 0.258 e. The number of nitrogens with one attached hydrogen (secondary N) is 1. The highest BCUT2D eigenvalue weighted by Crippen LogP contribution is 2.40. The smallest absolute Gasteiger partial charge is 0.258 e. The molecule has 5 nitrogen and oxygen atoms in total. The topological polar surface area (TPSA) is 67.8 Å². The van der Waals surface area contributed by atoms with Crippen LogP contribution in [-0.4, -0.2) is 29.8 Å². The van der Waals surface area contributed by atoms with Gasteiger partial charge in [0.2, 0.25) is 0 Å². The Bertz CT molecular complexity index is 539. The molecule has 5 heteroatoms. The van der Waals surface area contributed by atoms with Crippen LogP contribution < -0.4 is 14.8 Å². The second-order valence-electron chi connectivity index (χ2n) is 5.66. The molecule has 1 unspecified atom stereocenters. The molecule has 1 heterocycles. The first-order valence-corrected chi connectivity index (χ1v) is 6.93. The van der Waals surface area contributed by atoms with E-state index in [4.69, 9.17) is 9.47 Å². The van der Waals surface area contributed by atoms with Gasteiger partial charge in [0, 0.05) is 24.6 Å². The van der Waals surface area contributed by atoms with Gasteiger partial charge in [-0.15, -0.1) is 6.58 Å². The summed E-state index contributed by atoms with van der Waals surface area (Å²) in [5.74, 6) is 0.920. The number of benzene rings is 1. The summed E-state index contributed by atoms with van der Waals surface area (Å²) < 4.78 is 11.3. The Morgan fingerprint density at radius 2 is 2.38 bits per heavy atom. The first kappa shape index (κ1) is 15.4. The van der Waals surface area contributed by atoms with Crippen LogP contribution >= 0.6 is 0 Å². The predicted molar refractivity (Wildman–Crippen MR) is 79.4 cm³/mol. The van der Waals surface area contributed by atoms with E-state index >= 15 is 0 Å². The van der Waals surface area contributed by atoms with Crippen molar-refractivity contribution in [3.05, 3.63) is 36.4 Å². The third kappa shape index (κ3) is 3.98. The number of hydrogen-bond donors (Lipinski definition) is 2. The molecule has 1 aliphatic rings. The van der Waals surface area contributed by atoms with Gasteiger partial charge in [0.1, 0.15) is 17.1 Å². The highest BCUT2D eigenvalue weighted by molar-refractivity contribution is 5.77. The zero-order valence-corrected chi connectivity index (χ0v) is 12.4. The lowest BCUT2D eigenvalue weighted by atomic mass is 9.92. The summed E-state index contributed by atoms with van der Waals surface area (Å²) in [6.07, 6.45) is 1.60. The second-order valence-corrected chi connectivity index (χ2v) is 5.66. The number of rotatable bonds is 5. The number of fused-ring (bicyclic) bond motifs is 1. The van der Waals surface area contributed by atoms with Gasteiger partial charge < -0.3 is 19.9 Å². The van der Waals surface area contributed by atoms with Gasteiger partial charge >= 0.3 is 0 Å². The van der Waals surface area contributed by atoms with Crippen LogP contribution in [0.2, 0.25) is 0 Å². The average molecular weight is 291 g/mol. The monoisotopic (exact) mass is 291 g/mol. The lowest BCUT2D eigenvalue weighted by molar-refractivity contribution is -0.122. The molecule has 2 N–H and O–H groups in total. The maximum atomic E-state index is 11.5. The first-order chi connectivity index (χ1) is 9.91. The quantitative estimate of drug-likeness (QED) is 0.814. The Hall–Kier alpha value is -2.01. The van der Waals surface area contributed by atoms with Crippen LogP contribution in [0.1, 0.15) is 31.9 Å². The fourth-order valence-corrected chi connectivity index (χ4v) is 2.27. The summed E-state index contributed by atoms with van der Waals surface area (Å²) >= 11 is 0. The van der Waals surface area contributed by atoms with E-state index in [1.165, 1.54) is 0 Å². The first-order valence-electron chi connectivity index (χ1n) is 6.93. The van der Waals surface area contributed by atoms with Crippen molar-refractivity contribution in [3.63, 3.8) is 0 Å². The number of aliphatic hydroxyl groups is 1. The third-order valence-electron chi connectivity index (χ3n) is 3.23. The number of aliphatic hydroxyl groups excluding tert-OH is 1. The lowest BCUT2D eigenvalue weighted by Crippen LogP contribution is -2.34. The largest absolute Gasteiger partial charge is 0.487 e. The van der Waals surface area contributed by atoms with Crippen molar-refractivity contribution >= 4 is 5.91 Å². The molecule has 0 aliphatic carbocycles. The van der Waals surface area contributed by atoms with Crippen molar-refractivity contribution in [2.45, 2.75) is 32.0 Å². The van der Waals surface area contributed by atoms with Gasteiger partial charge in [-0.2, -0.15) is 0 Å². The van der Waals surface area contributed by atoms with E-state index in [1.54, 1.807) is 24.3 Å². The molecular formula is C16H21NO4. The Balaban J connectivity index is 2.04. The van der Waals surface area contributed by atoms with Gasteiger partial charge in [0.05, 0.1) is 6.10 Å². The lowest BCUT2D eigenvalue weighted by Gasteiger charge is -2.35. The fourth-order valence-electron chi connectivity index (χ4n) is 2.27. The average Bonchev–Trinajstić information content (AvgIpc) is 2.41. The number of carbonyl (C=O) groups excluding carboxylic acids is 1. The van der Waals surface area contributed by atoms with Crippen LogP contribution in [0.5, 0.6) is 11.5 Å². The molecule has 21 heavy (non-hydrogen) atoms. The van der Waals surface area contributed by atoms with Crippen LogP contribution in [0.25, 0.3) is 0 Å². The minimum absolute atomic E-state index is 0.0709. The Kier molecular flexibility index (Phi) is 4.53. The molecular weight excluding hydrogens is 270 g/mol. The molecule has 1 aromatic rings. The summed E-state index contributed by atoms with van der Waals surface area (Å²) in [6.45, 7) is 7.72. The molecule has 0 bridgehead atoms. The second kappa shape index (κ2) is 6.18. The van der Waals surface area contributed by atoms with E-state index in [1.807, 2.05) is 13.8 Å². The normalized spacial score (nSPS) is 19.1. The molecule has 1 aromatic carbocycles. The maximum absolute atomic E-state index is 11.5. The minimum Gasteiger partial charge on any atom is -0.487 e. The number of hydrogen-bond acceptors (Lipinski definition) is 4. The Morgan fingerprint density at radius 3 is 3.10 bits per heavy atom. The van der Waals surface area contributed by atoms with Crippen molar-refractivity contribution in [1.82, 2.24) is 5.32 Å².